The van der Waals surface area contributed by atoms with Gasteiger partial charge in [0.15, 0.2) is 0 Å². The molecule has 3 heterocycles. The van der Waals surface area contributed by atoms with E-state index in [1.807, 2.05) is 25.1 Å². The fourth-order valence-corrected chi connectivity index (χ4v) is 3.61. The Morgan fingerprint density at radius 3 is 2.73 bits per heavy atom. The van der Waals surface area contributed by atoms with Gasteiger partial charge < -0.3 is 19.5 Å². The maximum absolute atomic E-state index is 12.3. The summed E-state index contributed by atoms with van der Waals surface area (Å²) in [5.41, 5.74) is 2.53. The molecule has 0 radical (unpaired) electrons. The number of anilines is 1. The van der Waals surface area contributed by atoms with Crippen LogP contribution in [0.5, 0.6) is 0 Å². The molecule has 1 aromatic carbocycles. The first-order valence-electron chi connectivity index (χ1n) is 10.5. The molecule has 1 fully saturated rings. The van der Waals surface area contributed by atoms with E-state index >= 15 is 0 Å². The van der Waals surface area contributed by atoms with Gasteiger partial charge in [-0.05, 0) is 25.3 Å². The molecule has 3 aromatic rings. The van der Waals surface area contributed by atoms with Crippen molar-refractivity contribution in [3.8, 4) is 0 Å². The number of benzene rings is 1. The molecular formula is C22H27N5O3. The third kappa shape index (κ3) is 4.94. The minimum Gasteiger partial charge on any atom is -0.378 e. The number of carbonyl (C=O) groups is 1. The Morgan fingerprint density at radius 1 is 1.13 bits per heavy atom. The van der Waals surface area contributed by atoms with Gasteiger partial charge in [-0.15, -0.1) is 0 Å². The summed E-state index contributed by atoms with van der Waals surface area (Å²) < 4.78 is 10.8. The van der Waals surface area contributed by atoms with Crippen molar-refractivity contribution in [3.63, 3.8) is 0 Å². The number of nitrogens with zero attached hydrogens (tertiary/aromatic N) is 4. The summed E-state index contributed by atoms with van der Waals surface area (Å²) in [5, 5.41) is 7.87. The number of fused-ring (bicyclic) bond motifs is 1. The lowest BCUT2D eigenvalue weighted by atomic mass is 10.1. The van der Waals surface area contributed by atoms with Gasteiger partial charge in [-0.1, -0.05) is 35.5 Å². The highest BCUT2D eigenvalue weighted by atomic mass is 16.5. The number of ether oxygens (including phenoxy) is 1. The van der Waals surface area contributed by atoms with Crippen LogP contribution in [-0.2, 0) is 22.4 Å². The molecule has 1 aliphatic rings. The van der Waals surface area contributed by atoms with Crippen molar-refractivity contribution in [2.45, 2.75) is 32.6 Å². The van der Waals surface area contributed by atoms with Gasteiger partial charge in [0.2, 0.25) is 5.91 Å². The number of aromatic nitrogens is 3. The maximum Gasteiger partial charge on any atom is 0.263 e. The zero-order valence-electron chi connectivity index (χ0n) is 17.3. The van der Waals surface area contributed by atoms with E-state index in [0.29, 0.717) is 44.1 Å². The van der Waals surface area contributed by atoms with Gasteiger partial charge in [0, 0.05) is 32.5 Å². The van der Waals surface area contributed by atoms with E-state index in [2.05, 4.69) is 32.5 Å². The summed E-state index contributed by atoms with van der Waals surface area (Å²) in [6.07, 6.45) is 2.66. The van der Waals surface area contributed by atoms with Gasteiger partial charge in [-0.2, -0.15) is 4.98 Å². The Labute approximate surface area is 175 Å². The molecule has 8 nitrogen and oxygen atoms in total. The molecule has 2 aromatic heterocycles. The van der Waals surface area contributed by atoms with Crippen LogP contribution in [-0.4, -0.2) is 53.9 Å². The van der Waals surface area contributed by atoms with Crippen molar-refractivity contribution >= 4 is 22.8 Å². The Bertz CT molecular complexity index is 983. The van der Waals surface area contributed by atoms with E-state index in [1.165, 1.54) is 5.56 Å². The van der Waals surface area contributed by atoms with Crippen LogP contribution in [0.25, 0.3) is 11.1 Å². The van der Waals surface area contributed by atoms with Crippen LogP contribution in [0, 0.1) is 6.92 Å². The molecule has 0 aliphatic carbocycles. The first-order valence-corrected chi connectivity index (χ1v) is 10.5. The molecule has 1 aliphatic heterocycles. The second kappa shape index (κ2) is 9.67. The summed E-state index contributed by atoms with van der Waals surface area (Å²) in [6, 6.07) is 10.3. The largest absolute Gasteiger partial charge is 0.378 e. The number of rotatable bonds is 8. The van der Waals surface area contributed by atoms with E-state index in [-0.39, 0.29) is 5.91 Å². The molecule has 0 bridgehead atoms. The minimum atomic E-state index is 0.00781. The van der Waals surface area contributed by atoms with Gasteiger partial charge in [0.25, 0.3) is 5.71 Å². The SMILES string of the molecule is Cc1noc2nc(CCC(=O)NCCCc3ccccc3)nc(N3CCOCC3)c12. The van der Waals surface area contributed by atoms with Crippen molar-refractivity contribution in [1.82, 2.24) is 20.4 Å². The Kier molecular flexibility index (Phi) is 6.53. The topological polar surface area (TPSA) is 93.4 Å². The lowest BCUT2D eigenvalue weighted by Gasteiger charge is -2.28. The van der Waals surface area contributed by atoms with Crippen LogP contribution in [0.4, 0.5) is 5.82 Å². The molecular weight excluding hydrogens is 382 g/mol. The Hall–Kier alpha value is -3.00. The predicted molar refractivity (Wildman–Crippen MR) is 113 cm³/mol. The zero-order valence-corrected chi connectivity index (χ0v) is 17.3. The summed E-state index contributed by atoms with van der Waals surface area (Å²) in [6.45, 7) is 5.40. The number of hydrogen-bond donors (Lipinski definition) is 1. The second-order valence-corrected chi connectivity index (χ2v) is 7.45. The number of amides is 1. The molecule has 1 N–H and O–H groups in total. The number of hydrogen-bond acceptors (Lipinski definition) is 7. The van der Waals surface area contributed by atoms with Gasteiger partial charge in [-0.3, -0.25) is 4.79 Å². The van der Waals surface area contributed by atoms with Crippen molar-refractivity contribution < 1.29 is 14.1 Å². The highest BCUT2D eigenvalue weighted by Crippen LogP contribution is 2.27. The van der Waals surface area contributed by atoms with Gasteiger partial charge in [0.1, 0.15) is 17.0 Å². The number of nitrogens with one attached hydrogen (secondary N) is 1. The average Bonchev–Trinajstić information content (AvgIpc) is 3.17. The number of carbonyl (C=O) groups excluding carboxylic acids is 1. The lowest BCUT2D eigenvalue weighted by Crippen LogP contribution is -2.37. The zero-order chi connectivity index (χ0) is 20.8. The molecule has 0 saturated carbocycles. The molecule has 8 heteroatoms. The summed E-state index contributed by atoms with van der Waals surface area (Å²) in [4.78, 5) is 23.7. The van der Waals surface area contributed by atoms with Gasteiger partial charge >= 0.3 is 0 Å². The Morgan fingerprint density at radius 2 is 1.93 bits per heavy atom. The molecule has 0 spiro atoms. The third-order valence-corrected chi connectivity index (χ3v) is 5.23. The smallest absolute Gasteiger partial charge is 0.263 e. The van der Waals surface area contributed by atoms with E-state index in [0.717, 1.165) is 42.8 Å². The number of aryl methyl sites for hydroxylation is 3. The summed E-state index contributed by atoms with van der Waals surface area (Å²) in [7, 11) is 0. The predicted octanol–water partition coefficient (Wildman–Crippen LogP) is 2.44. The molecule has 1 saturated heterocycles. The summed E-state index contributed by atoms with van der Waals surface area (Å²) >= 11 is 0. The second-order valence-electron chi connectivity index (χ2n) is 7.45. The van der Waals surface area contributed by atoms with E-state index in [4.69, 9.17) is 14.2 Å². The quantitative estimate of drug-likeness (QED) is 0.571. The summed E-state index contributed by atoms with van der Waals surface area (Å²) in [5.74, 6) is 1.42. The fourth-order valence-electron chi connectivity index (χ4n) is 3.61. The van der Waals surface area contributed by atoms with Crippen LogP contribution in [0.3, 0.4) is 0 Å². The van der Waals surface area contributed by atoms with Crippen LogP contribution in [0.15, 0.2) is 34.9 Å². The monoisotopic (exact) mass is 409 g/mol. The van der Waals surface area contributed by atoms with Crippen molar-refractivity contribution in [1.29, 1.82) is 0 Å². The molecule has 0 unspecified atom stereocenters. The maximum atomic E-state index is 12.3. The van der Waals surface area contributed by atoms with E-state index < -0.39 is 0 Å². The van der Waals surface area contributed by atoms with Crippen LogP contribution < -0.4 is 10.2 Å². The standard InChI is InChI=1S/C22H27N5O3/c1-16-20-21(27-12-14-29-15-13-27)24-18(25-22(20)30-26-16)9-10-19(28)23-11-5-8-17-6-3-2-4-7-17/h2-4,6-7H,5,8-15H2,1H3,(H,23,28). The number of morpholine rings is 1. The van der Waals surface area contributed by atoms with Crippen LogP contribution in [0.2, 0.25) is 0 Å². The van der Waals surface area contributed by atoms with Crippen molar-refractivity contribution in [2.75, 3.05) is 37.7 Å². The highest BCUT2D eigenvalue weighted by Gasteiger charge is 2.21. The van der Waals surface area contributed by atoms with Gasteiger partial charge in [0.05, 0.1) is 18.9 Å². The first-order chi connectivity index (χ1) is 14.7. The Balaban J connectivity index is 1.33. The fraction of sp³-hybridized carbons (Fsp3) is 0.455. The molecule has 0 atom stereocenters. The van der Waals surface area contributed by atoms with Gasteiger partial charge in [-0.25, -0.2) is 4.98 Å². The van der Waals surface area contributed by atoms with Crippen molar-refractivity contribution in [2.24, 2.45) is 0 Å². The van der Waals surface area contributed by atoms with Crippen molar-refractivity contribution in [3.05, 3.63) is 47.4 Å². The molecule has 1 amide bonds. The lowest BCUT2D eigenvalue weighted by molar-refractivity contribution is -0.121. The molecule has 158 valence electrons. The molecule has 30 heavy (non-hydrogen) atoms. The normalized spacial score (nSPS) is 14.2. The average molecular weight is 409 g/mol. The highest BCUT2D eigenvalue weighted by molar-refractivity contribution is 5.88. The third-order valence-electron chi connectivity index (χ3n) is 5.23. The first kappa shape index (κ1) is 20.3. The van der Waals surface area contributed by atoms with Crippen LogP contribution >= 0.6 is 0 Å². The van der Waals surface area contributed by atoms with E-state index in [1.54, 1.807) is 0 Å². The minimum absolute atomic E-state index is 0.00781. The van der Waals surface area contributed by atoms with Crippen LogP contribution in [0.1, 0.15) is 29.9 Å². The van der Waals surface area contributed by atoms with E-state index in [9.17, 15) is 4.79 Å². The molecule has 4 rings (SSSR count).